The van der Waals surface area contributed by atoms with Gasteiger partial charge < -0.3 is 14.4 Å². The highest BCUT2D eigenvalue weighted by atomic mass is 19.1. The average molecular weight is 496 g/mol. The molecule has 10 nitrogen and oxygen atoms in total. The number of hydrogen-bond donors (Lipinski definition) is 0. The molecule has 3 heterocycles. The lowest BCUT2D eigenvalue weighted by molar-refractivity contribution is -0.191. The first-order valence-corrected chi connectivity index (χ1v) is 11.5. The third-order valence-electron chi connectivity index (χ3n) is 6.38. The third kappa shape index (κ3) is 4.92. The van der Waals surface area contributed by atoms with Crippen molar-refractivity contribution in [3.63, 3.8) is 0 Å². The van der Waals surface area contributed by atoms with Crippen molar-refractivity contribution in [2.75, 3.05) is 29.4 Å². The third-order valence-corrected chi connectivity index (χ3v) is 6.38. The lowest BCUT2D eigenvalue weighted by Crippen LogP contribution is -2.29. The van der Waals surface area contributed by atoms with Gasteiger partial charge in [0.05, 0.1) is 41.9 Å². The lowest BCUT2D eigenvalue weighted by atomic mass is 10.1. The van der Waals surface area contributed by atoms with Crippen molar-refractivity contribution >= 4 is 40.3 Å². The summed E-state index contributed by atoms with van der Waals surface area (Å²) in [6.07, 6.45) is 0.143. The molecule has 0 saturated carbocycles. The minimum Gasteiger partial charge on any atom is -0.444 e. The maximum absolute atomic E-state index is 15.1. The van der Waals surface area contributed by atoms with E-state index in [4.69, 9.17) is 14.3 Å². The van der Waals surface area contributed by atoms with Crippen molar-refractivity contribution in [2.45, 2.75) is 39.0 Å². The number of halogens is 1. The average Bonchev–Trinajstić information content (AvgIpc) is 3.25. The van der Waals surface area contributed by atoms with E-state index >= 15 is 4.39 Å². The monoisotopic (exact) mass is 496 g/mol. The second kappa shape index (κ2) is 10.6. The summed E-state index contributed by atoms with van der Waals surface area (Å²) < 4.78 is 24.2. The molecule has 1 amide bonds. The van der Waals surface area contributed by atoms with E-state index in [0.29, 0.717) is 62.3 Å². The summed E-state index contributed by atoms with van der Waals surface area (Å²) in [5.74, 6) is -0.393. The van der Waals surface area contributed by atoms with Crippen molar-refractivity contribution in [1.82, 2.24) is 9.36 Å². The number of nitrogens with zero attached hydrogens (tertiary/aromatic N) is 4. The van der Waals surface area contributed by atoms with E-state index in [1.54, 1.807) is 16.8 Å². The Hall–Kier alpha value is -4.24. The van der Waals surface area contributed by atoms with E-state index in [0.717, 1.165) is 5.52 Å². The van der Waals surface area contributed by atoms with Crippen molar-refractivity contribution in [1.29, 1.82) is 0 Å². The second-order valence-corrected chi connectivity index (χ2v) is 8.63. The number of fused-ring (bicyclic) bond motifs is 3. The van der Waals surface area contributed by atoms with Gasteiger partial charge in [0, 0.05) is 19.5 Å². The number of benzene rings is 2. The fourth-order valence-electron chi connectivity index (χ4n) is 4.67. The molecule has 5 rings (SSSR count). The zero-order valence-electron chi connectivity index (χ0n) is 19.7. The smallest absolute Gasteiger partial charge is 0.414 e. The molecule has 0 spiro atoms. The molecule has 1 fully saturated rings. The number of rotatable bonds is 5. The van der Waals surface area contributed by atoms with Gasteiger partial charge in [0.15, 0.2) is 0 Å². The molecular weight excluding hydrogens is 471 g/mol. The zero-order chi connectivity index (χ0) is 25.8. The number of carbonyl (C=O) groups excluding carboxylic acids is 4. The van der Waals surface area contributed by atoms with Crippen molar-refractivity contribution < 1.29 is 28.3 Å². The van der Waals surface area contributed by atoms with Gasteiger partial charge in [-0.1, -0.05) is 12.1 Å². The largest absolute Gasteiger partial charge is 0.444 e. The molecule has 2 aromatic carbocycles. The van der Waals surface area contributed by atoms with E-state index in [9.17, 15) is 14.4 Å². The van der Waals surface area contributed by atoms with Gasteiger partial charge in [-0.3, -0.25) is 14.4 Å². The Bertz CT molecular complexity index is 1390. The molecule has 1 atom stereocenters. The summed E-state index contributed by atoms with van der Waals surface area (Å²) in [6.45, 7) is 3.84. The summed E-state index contributed by atoms with van der Waals surface area (Å²) in [5.41, 5.74) is 1.71. The van der Waals surface area contributed by atoms with E-state index in [-0.39, 0.29) is 23.6 Å². The van der Waals surface area contributed by atoms with Gasteiger partial charge in [-0.2, -0.15) is 9.59 Å². The number of anilines is 2. The Balaban J connectivity index is 0.000000967. The fraction of sp³-hybridized carbons (Fsp3) is 0.360. The molecule has 11 heteroatoms. The summed E-state index contributed by atoms with van der Waals surface area (Å²) in [4.78, 5) is 55.8. The second-order valence-electron chi connectivity index (χ2n) is 8.63. The van der Waals surface area contributed by atoms with Crippen LogP contribution in [0.25, 0.3) is 10.9 Å². The molecule has 0 unspecified atom stereocenters. The van der Waals surface area contributed by atoms with Gasteiger partial charge in [-0.25, -0.2) is 13.9 Å². The molecule has 0 bridgehead atoms. The molecule has 1 aromatic heterocycles. The standard InChI is InChI=1S/C24H25FN4O4.CO2/c1-16(30)6-8-18-15-27(24(32)33-18)17-7-9-22(20(25)14-17)26-10-12-28-21-5-3-2-4-19(21)23(31)29(28)13-11-26;2-1-3/h2-5,7,9,14,18H,6,8,10-13,15H2,1H3;/t18-;/m0./s1. The predicted octanol–water partition coefficient (Wildman–Crippen LogP) is 2.57. The molecule has 0 N–H and O–H groups in total. The lowest BCUT2D eigenvalue weighted by Gasteiger charge is -2.24. The highest BCUT2D eigenvalue weighted by Crippen LogP contribution is 2.29. The quantitative estimate of drug-likeness (QED) is 0.534. The number of Topliss-reactive ketones (excluding diaryl/α,β-unsaturated/α-hetero) is 1. The molecule has 0 radical (unpaired) electrons. The Morgan fingerprint density at radius 1 is 1.06 bits per heavy atom. The maximum atomic E-state index is 15.1. The maximum Gasteiger partial charge on any atom is 0.414 e. The Labute approximate surface area is 205 Å². The number of hydrogen-bond acceptors (Lipinski definition) is 7. The summed E-state index contributed by atoms with van der Waals surface area (Å²) in [5, 5.41) is 0.695. The van der Waals surface area contributed by atoms with Crippen LogP contribution >= 0.6 is 0 Å². The van der Waals surface area contributed by atoms with Crippen LogP contribution in [0.2, 0.25) is 0 Å². The van der Waals surface area contributed by atoms with E-state index < -0.39 is 11.9 Å². The first-order chi connectivity index (χ1) is 17.3. The highest BCUT2D eigenvalue weighted by Gasteiger charge is 2.33. The van der Waals surface area contributed by atoms with Gasteiger partial charge in [-0.05, 0) is 43.7 Å². The number of ether oxygens (including phenoxy) is 1. The number of cyclic esters (lactones) is 1. The minimum absolute atomic E-state index is 0.0323. The van der Waals surface area contributed by atoms with Crippen LogP contribution in [0.3, 0.4) is 0 Å². The van der Waals surface area contributed by atoms with Gasteiger partial charge in [0.25, 0.3) is 5.56 Å². The van der Waals surface area contributed by atoms with Crippen LogP contribution in [-0.2, 0) is 32.2 Å². The van der Waals surface area contributed by atoms with Crippen LogP contribution in [0.1, 0.15) is 19.8 Å². The SMILES string of the molecule is CC(=O)CC[C@H]1CN(c2ccc(N3CCn4c(=O)c5ccccc5n4CC3)c(F)c2)C(=O)O1.O=C=O. The Kier molecular flexibility index (Phi) is 7.30. The zero-order valence-corrected chi connectivity index (χ0v) is 19.7. The van der Waals surface area contributed by atoms with Gasteiger partial charge >= 0.3 is 12.2 Å². The van der Waals surface area contributed by atoms with Crippen LogP contribution in [0.5, 0.6) is 0 Å². The van der Waals surface area contributed by atoms with Gasteiger partial charge in [0.1, 0.15) is 17.7 Å². The van der Waals surface area contributed by atoms with Crippen LogP contribution in [0, 0.1) is 5.82 Å². The summed E-state index contributed by atoms with van der Waals surface area (Å²) in [6, 6.07) is 12.2. The highest BCUT2D eigenvalue weighted by molar-refractivity contribution is 5.90. The summed E-state index contributed by atoms with van der Waals surface area (Å²) >= 11 is 0. The van der Waals surface area contributed by atoms with Crippen LogP contribution < -0.4 is 15.4 Å². The number of ketones is 1. The molecule has 1 saturated heterocycles. The van der Waals surface area contributed by atoms with Crippen molar-refractivity contribution in [2.24, 2.45) is 0 Å². The number of para-hydroxylation sites is 1. The van der Waals surface area contributed by atoms with Crippen LogP contribution in [0.4, 0.5) is 20.6 Å². The first-order valence-electron chi connectivity index (χ1n) is 11.5. The molecule has 2 aliphatic heterocycles. The molecular formula is C25H25FN4O6. The molecule has 36 heavy (non-hydrogen) atoms. The normalized spacial score (nSPS) is 17.1. The minimum atomic E-state index is -0.531. The van der Waals surface area contributed by atoms with Gasteiger partial charge in [-0.15, -0.1) is 0 Å². The van der Waals surface area contributed by atoms with Crippen LogP contribution in [0.15, 0.2) is 47.3 Å². The van der Waals surface area contributed by atoms with Gasteiger partial charge in [0.2, 0.25) is 0 Å². The topological polar surface area (TPSA) is 111 Å². The van der Waals surface area contributed by atoms with E-state index in [2.05, 4.69) is 0 Å². The molecule has 2 aliphatic rings. The van der Waals surface area contributed by atoms with Crippen LogP contribution in [-0.4, -0.2) is 53.1 Å². The number of aromatic nitrogens is 2. The number of amides is 1. The fourth-order valence-corrected chi connectivity index (χ4v) is 4.67. The van der Waals surface area contributed by atoms with E-state index in [1.165, 1.54) is 17.9 Å². The molecule has 3 aromatic rings. The molecule has 0 aliphatic carbocycles. The summed E-state index contributed by atoms with van der Waals surface area (Å²) in [7, 11) is 0. The van der Waals surface area contributed by atoms with Crippen molar-refractivity contribution in [3.05, 3.63) is 58.6 Å². The Morgan fingerprint density at radius 3 is 2.44 bits per heavy atom. The van der Waals surface area contributed by atoms with E-state index in [1.807, 2.05) is 33.8 Å². The van der Waals surface area contributed by atoms with Crippen molar-refractivity contribution in [3.8, 4) is 0 Å². The number of carbonyl (C=O) groups is 2. The first kappa shape index (κ1) is 24.9. The predicted molar refractivity (Wildman–Crippen MR) is 127 cm³/mol. The molecule has 188 valence electrons. The Morgan fingerprint density at radius 2 is 1.75 bits per heavy atom.